The average molecular weight is 694 g/mol. The van der Waals surface area contributed by atoms with Crippen molar-refractivity contribution in [1.29, 1.82) is 0 Å². The maximum Gasteiger partial charge on any atom is 0.178 e. The number of hydrogen-bond donors (Lipinski definition) is 0. The summed E-state index contributed by atoms with van der Waals surface area (Å²) in [7, 11) is 0. The molecule has 4 nitrogen and oxygen atoms in total. The maximum absolute atomic E-state index is 7.22. The van der Waals surface area contributed by atoms with Gasteiger partial charge >= 0.3 is 0 Å². The summed E-state index contributed by atoms with van der Waals surface area (Å²) in [6.07, 6.45) is 0. The number of ether oxygens (including phenoxy) is 1. The molecule has 1 aliphatic heterocycles. The summed E-state index contributed by atoms with van der Waals surface area (Å²) in [4.78, 5) is 2.31. The van der Waals surface area contributed by atoms with E-state index in [1.165, 1.54) is 22.3 Å². The lowest BCUT2D eigenvalue weighted by Gasteiger charge is -2.40. The second-order valence-corrected chi connectivity index (χ2v) is 14.4. The van der Waals surface area contributed by atoms with Gasteiger partial charge in [-0.3, -0.25) is 0 Å². The van der Waals surface area contributed by atoms with E-state index in [-0.39, 0.29) is 0 Å². The number of hydrogen-bond acceptors (Lipinski definition) is 4. The Labute approximate surface area is 311 Å². The zero-order valence-electron chi connectivity index (χ0n) is 29.3. The molecule has 8 aromatic carbocycles. The highest BCUT2D eigenvalue weighted by Crippen LogP contribution is 2.64. The number of fused-ring (bicyclic) bond motifs is 16. The van der Waals surface area contributed by atoms with Crippen LogP contribution in [0.15, 0.2) is 179 Å². The normalized spacial score (nSPS) is 13.6. The molecule has 0 bridgehead atoms. The third-order valence-electron chi connectivity index (χ3n) is 11.7. The SMILES string of the molecule is Cc1ccccc1N(c1ccc2c(c1)Oc1c(ccc3c1oc1ccccc13)C21c2ccccc2-c2ccccc21)c1cccc2c1oc1ccccc12. The number of para-hydroxylation sites is 4. The molecule has 0 radical (unpaired) electrons. The van der Waals surface area contributed by atoms with Gasteiger partial charge in [0, 0.05) is 44.4 Å². The van der Waals surface area contributed by atoms with Crippen molar-refractivity contribution in [2.75, 3.05) is 4.90 Å². The van der Waals surface area contributed by atoms with Crippen LogP contribution >= 0.6 is 0 Å². The Morgan fingerprint density at radius 2 is 1.02 bits per heavy atom. The molecule has 12 rings (SSSR count). The number of benzene rings is 8. The highest BCUT2D eigenvalue weighted by atomic mass is 16.5. The van der Waals surface area contributed by atoms with Crippen molar-refractivity contribution in [3.8, 4) is 22.6 Å². The van der Waals surface area contributed by atoms with Gasteiger partial charge in [0.15, 0.2) is 16.9 Å². The molecular formula is C50H31NO3. The van der Waals surface area contributed by atoms with Gasteiger partial charge in [0.25, 0.3) is 0 Å². The minimum atomic E-state index is -0.631. The molecule has 3 heterocycles. The first-order valence-electron chi connectivity index (χ1n) is 18.4. The van der Waals surface area contributed by atoms with Crippen LogP contribution in [-0.2, 0) is 5.41 Å². The predicted molar refractivity (Wildman–Crippen MR) is 218 cm³/mol. The highest BCUT2D eigenvalue weighted by Gasteiger charge is 2.52. The summed E-state index contributed by atoms with van der Waals surface area (Å²) in [6, 6.07) is 60.3. The maximum atomic E-state index is 7.22. The molecule has 0 amide bonds. The van der Waals surface area contributed by atoms with E-state index in [0.29, 0.717) is 0 Å². The zero-order valence-corrected chi connectivity index (χ0v) is 29.3. The third kappa shape index (κ3) is 3.76. The highest BCUT2D eigenvalue weighted by molar-refractivity contribution is 6.11. The van der Waals surface area contributed by atoms with Crippen molar-refractivity contribution in [2.24, 2.45) is 0 Å². The predicted octanol–water partition coefficient (Wildman–Crippen LogP) is 13.7. The average Bonchev–Trinajstić information content (AvgIpc) is 3.89. The Kier molecular flexibility index (Phi) is 5.88. The van der Waals surface area contributed by atoms with Crippen molar-refractivity contribution < 1.29 is 13.6 Å². The lowest BCUT2D eigenvalue weighted by atomic mass is 9.66. The van der Waals surface area contributed by atoms with Crippen molar-refractivity contribution in [3.63, 3.8) is 0 Å². The van der Waals surface area contributed by atoms with Crippen LogP contribution in [0.2, 0.25) is 0 Å². The third-order valence-corrected chi connectivity index (χ3v) is 11.7. The molecule has 1 spiro atoms. The molecule has 0 atom stereocenters. The smallest absolute Gasteiger partial charge is 0.178 e. The lowest BCUT2D eigenvalue weighted by Crippen LogP contribution is -2.32. The quantitative estimate of drug-likeness (QED) is 0.185. The van der Waals surface area contributed by atoms with Crippen LogP contribution < -0.4 is 9.64 Å². The molecule has 2 aliphatic rings. The van der Waals surface area contributed by atoms with Crippen molar-refractivity contribution >= 4 is 60.9 Å². The summed E-state index contributed by atoms with van der Waals surface area (Å²) >= 11 is 0. The van der Waals surface area contributed by atoms with Gasteiger partial charge in [-0.2, -0.15) is 0 Å². The van der Waals surface area contributed by atoms with Gasteiger partial charge in [0.05, 0.1) is 16.8 Å². The van der Waals surface area contributed by atoms with Crippen LogP contribution in [-0.4, -0.2) is 0 Å². The number of furan rings is 2. The van der Waals surface area contributed by atoms with Gasteiger partial charge in [-0.15, -0.1) is 0 Å². The summed E-state index contributed by atoms with van der Waals surface area (Å²) in [5.41, 5.74) is 13.9. The second kappa shape index (κ2) is 10.8. The van der Waals surface area contributed by atoms with Gasteiger partial charge in [-0.05, 0) is 71.1 Å². The molecule has 0 saturated heterocycles. The van der Waals surface area contributed by atoms with Gasteiger partial charge in [0.2, 0.25) is 0 Å². The van der Waals surface area contributed by atoms with E-state index < -0.39 is 5.41 Å². The van der Waals surface area contributed by atoms with E-state index in [9.17, 15) is 0 Å². The van der Waals surface area contributed by atoms with Crippen molar-refractivity contribution in [3.05, 3.63) is 198 Å². The van der Waals surface area contributed by atoms with Gasteiger partial charge in [-0.1, -0.05) is 127 Å². The lowest BCUT2D eigenvalue weighted by molar-refractivity contribution is 0.433. The summed E-state index contributed by atoms with van der Waals surface area (Å²) in [6.45, 7) is 2.16. The molecule has 0 N–H and O–H groups in total. The van der Waals surface area contributed by atoms with Crippen LogP contribution in [0.25, 0.3) is 55.0 Å². The first kappa shape index (κ1) is 29.5. The Bertz CT molecular complexity index is 3140. The fourth-order valence-corrected chi connectivity index (χ4v) is 9.41. The standard InChI is InChI=1S/C50H31NO3/c1-30-13-2-9-21-42(30)51(43-22-12-18-36-34-16-5-10-23-44(34)52-47(36)43)31-25-27-40-46(29-31)54-49-41(28-26-37-35-17-6-11-24-45(35)53-48(37)49)50(40)38-19-7-3-14-32(38)33-15-4-8-20-39(33)50/h2-29H,1H3. The second-order valence-electron chi connectivity index (χ2n) is 14.4. The van der Waals surface area contributed by atoms with Crippen LogP contribution in [0.5, 0.6) is 11.5 Å². The number of nitrogens with zero attached hydrogens (tertiary/aromatic N) is 1. The first-order valence-corrected chi connectivity index (χ1v) is 18.4. The molecular weight excluding hydrogens is 663 g/mol. The molecule has 54 heavy (non-hydrogen) atoms. The Balaban J connectivity index is 1.17. The molecule has 0 unspecified atom stereocenters. The molecule has 4 heteroatoms. The van der Waals surface area contributed by atoms with E-state index in [0.717, 1.165) is 89.1 Å². The Morgan fingerprint density at radius 1 is 0.444 bits per heavy atom. The summed E-state index contributed by atoms with van der Waals surface area (Å²) in [5.74, 6) is 1.54. The molecule has 0 fully saturated rings. The monoisotopic (exact) mass is 693 g/mol. The summed E-state index contributed by atoms with van der Waals surface area (Å²) in [5, 5.41) is 4.29. The first-order chi connectivity index (χ1) is 26.7. The topological polar surface area (TPSA) is 38.8 Å². The largest absolute Gasteiger partial charge is 0.454 e. The van der Waals surface area contributed by atoms with Gasteiger partial charge in [0.1, 0.15) is 16.9 Å². The van der Waals surface area contributed by atoms with Crippen molar-refractivity contribution in [2.45, 2.75) is 12.3 Å². The van der Waals surface area contributed by atoms with Crippen LogP contribution in [0.4, 0.5) is 17.1 Å². The van der Waals surface area contributed by atoms with Crippen LogP contribution in [0.3, 0.4) is 0 Å². The number of rotatable bonds is 3. The molecule has 0 saturated carbocycles. The van der Waals surface area contributed by atoms with Crippen molar-refractivity contribution in [1.82, 2.24) is 0 Å². The van der Waals surface area contributed by atoms with E-state index in [2.05, 4.69) is 157 Å². The minimum Gasteiger partial charge on any atom is -0.454 e. The van der Waals surface area contributed by atoms with Gasteiger partial charge in [-0.25, -0.2) is 0 Å². The fourth-order valence-electron chi connectivity index (χ4n) is 9.41. The molecule has 10 aromatic rings. The van der Waals surface area contributed by atoms with E-state index >= 15 is 0 Å². The van der Waals surface area contributed by atoms with Gasteiger partial charge < -0.3 is 18.5 Å². The fraction of sp³-hybridized carbons (Fsp3) is 0.0400. The Hall–Kier alpha value is -7.04. The van der Waals surface area contributed by atoms with E-state index in [1.54, 1.807) is 0 Å². The number of aryl methyl sites for hydroxylation is 1. The van der Waals surface area contributed by atoms with Crippen LogP contribution in [0.1, 0.15) is 27.8 Å². The zero-order chi connectivity index (χ0) is 35.5. The minimum absolute atomic E-state index is 0.631. The van der Waals surface area contributed by atoms with E-state index in [1.807, 2.05) is 24.3 Å². The molecule has 2 aromatic heterocycles. The molecule has 254 valence electrons. The van der Waals surface area contributed by atoms with E-state index in [4.69, 9.17) is 13.6 Å². The molecule has 1 aliphatic carbocycles. The number of anilines is 3. The van der Waals surface area contributed by atoms with Crippen LogP contribution in [0, 0.1) is 6.92 Å². The Morgan fingerprint density at radius 3 is 1.76 bits per heavy atom. The summed E-state index contributed by atoms with van der Waals surface area (Å²) < 4.78 is 20.6.